The third-order valence-electron chi connectivity index (χ3n) is 3.41. The van der Waals surface area contributed by atoms with Crippen LogP contribution in [-0.4, -0.2) is 40.1 Å². The average Bonchev–Trinajstić information content (AvgIpc) is 2.65. The van der Waals surface area contributed by atoms with E-state index in [2.05, 4.69) is 25.6 Å². The Morgan fingerprint density at radius 1 is 1.08 bits per heavy atom. The number of carbonyl (C=O) groups is 2. The van der Waals surface area contributed by atoms with Crippen LogP contribution in [0.4, 0.5) is 10.6 Å². The Morgan fingerprint density at radius 3 is 2.65 bits per heavy atom. The molecule has 2 amide bonds. The van der Waals surface area contributed by atoms with Gasteiger partial charge in [0.05, 0.1) is 18.4 Å². The topological polar surface area (TPSA) is 106 Å². The number of esters is 1. The van der Waals surface area contributed by atoms with Crippen LogP contribution < -0.4 is 10.6 Å². The van der Waals surface area contributed by atoms with Crippen LogP contribution in [0.25, 0.3) is 22.4 Å². The smallest absolute Gasteiger partial charge is 0.320 e. The number of pyridine rings is 1. The molecule has 0 aliphatic carbocycles. The Kier molecular flexibility index (Phi) is 5.33. The number of nitrogens with zero attached hydrogens (tertiary/aromatic N) is 3. The van der Waals surface area contributed by atoms with Gasteiger partial charge in [-0.25, -0.2) is 14.8 Å². The summed E-state index contributed by atoms with van der Waals surface area (Å²) in [7, 11) is 0. The zero-order valence-corrected chi connectivity index (χ0v) is 14.1. The molecule has 0 saturated heterocycles. The fourth-order valence-corrected chi connectivity index (χ4v) is 2.24. The summed E-state index contributed by atoms with van der Waals surface area (Å²) in [6.45, 7) is 1.63. The lowest BCUT2D eigenvalue weighted by Crippen LogP contribution is -2.32. The van der Waals surface area contributed by atoms with Gasteiger partial charge in [0.2, 0.25) is 0 Å². The van der Waals surface area contributed by atoms with Crippen LogP contribution in [-0.2, 0) is 9.53 Å². The normalized spacial score (nSPS) is 10.3. The highest BCUT2D eigenvalue weighted by Crippen LogP contribution is 2.18. The molecule has 0 spiro atoms. The lowest BCUT2D eigenvalue weighted by molar-refractivity contribution is -0.140. The van der Waals surface area contributed by atoms with Crippen molar-refractivity contribution < 1.29 is 14.3 Å². The van der Waals surface area contributed by atoms with E-state index in [-0.39, 0.29) is 13.2 Å². The van der Waals surface area contributed by atoms with E-state index >= 15 is 0 Å². The summed E-state index contributed by atoms with van der Waals surface area (Å²) in [5.74, 6) is -0.0433. The summed E-state index contributed by atoms with van der Waals surface area (Å²) >= 11 is 0. The number of rotatable bonds is 5. The number of urea groups is 1. The van der Waals surface area contributed by atoms with Crippen LogP contribution in [0.15, 0.2) is 48.7 Å². The molecule has 0 radical (unpaired) electrons. The van der Waals surface area contributed by atoms with E-state index in [9.17, 15) is 9.59 Å². The number of fused-ring (bicyclic) bond motifs is 1. The maximum atomic E-state index is 11.8. The van der Waals surface area contributed by atoms with Crippen LogP contribution in [0.5, 0.6) is 0 Å². The van der Waals surface area contributed by atoms with E-state index in [4.69, 9.17) is 4.74 Å². The van der Waals surface area contributed by atoms with E-state index < -0.39 is 12.0 Å². The SMILES string of the molecule is CC(=O)OCCNC(=O)Nc1ccc2ncc(-c3ccccc3)nc2n1. The molecule has 0 aliphatic rings. The molecule has 3 rings (SSSR count). The standard InChI is InChI=1S/C18H17N5O3/c1-12(24)26-10-9-19-18(25)23-16-8-7-14-17(22-16)21-15(11-20-14)13-5-3-2-4-6-13/h2-8,11H,9-10H2,1H3,(H2,19,21,22,23,25). The zero-order valence-electron chi connectivity index (χ0n) is 14.1. The summed E-state index contributed by atoms with van der Waals surface area (Å²) in [5, 5.41) is 5.18. The van der Waals surface area contributed by atoms with Crippen molar-refractivity contribution in [2.45, 2.75) is 6.92 Å². The summed E-state index contributed by atoms with van der Waals surface area (Å²) in [5.41, 5.74) is 2.70. The minimum atomic E-state index is -0.448. The van der Waals surface area contributed by atoms with E-state index in [0.717, 1.165) is 5.56 Å². The number of aromatic nitrogens is 3. The molecule has 0 fully saturated rings. The van der Waals surface area contributed by atoms with Crippen LogP contribution >= 0.6 is 0 Å². The highest BCUT2D eigenvalue weighted by Gasteiger charge is 2.07. The second-order valence-electron chi connectivity index (χ2n) is 5.38. The molecule has 3 aromatic rings. The minimum absolute atomic E-state index is 0.111. The zero-order chi connectivity index (χ0) is 18.4. The van der Waals surface area contributed by atoms with Crippen LogP contribution in [0, 0.1) is 0 Å². The number of benzene rings is 1. The van der Waals surface area contributed by atoms with Crippen molar-refractivity contribution in [1.82, 2.24) is 20.3 Å². The Hall–Kier alpha value is -3.55. The lowest BCUT2D eigenvalue weighted by atomic mass is 10.2. The number of hydrogen-bond acceptors (Lipinski definition) is 6. The van der Waals surface area contributed by atoms with Gasteiger partial charge in [-0.2, -0.15) is 0 Å². The van der Waals surface area contributed by atoms with Gasteiger partial charge in [0.25, 0.3) is 0 Å². The first kappa shape index (κ1) is 17.3. The molecule has 132 valence electrons. The van der Waals surface area contributed by atoms with Gasteiger partial charge in [-0.15, -0.1) is 0 Å². The monoisotopic (exact) mass is 351 g/mol. The predicted octanol–water partition coefficient (Wildman–Crippen LogP) is 2.38. The van der Waals surface area contributed by atoms with Gasteiger partial charge in [-0.1, -0.05) is 30.3 Å². The van der Waals surface area contributed by atoms with Gasteiger partial charge in [-0.05, 0) is 12.1 Å². The van der Waals surface area contributed by atoms with Gasteiger partial charge in [0.15, 0.2) is 5.65 Å². The van der Waals surface area contributed by atoms with Gasteiger partial charge in [-0.3, -0.25) is 15.1 Å². The van der Waals surface area contributed by atoms with Crippen molar-refractivity contribution in [3.05, 3.63) is 48.7 Å². The van der Waals surface area contributed by atoms with Crippen molar-refractivity contribution in [3.8, 4) is 11.3 Å². The van der Waals surface area contributed by atoms with Crippen LogP contribution in [0.2, 0.25) is 0 Å². The van der Waals surface area contributed by atoms with Gasteiger partial charge in [0, 0.05) is 12.5 Å². The van der Waals surface area contributed by atoms with E-state index in [1.165, 1.54) is 6.92 Å². The Labute approximate surface area is 149 Å². The number of anilines is 1. The molecule has 0 saturated carbocycles. The predicted molar refractivity (Wildman–Crippen MR) is 96.4 cm³/mol. The van der Waals surface area contributed by atoms with E-state index in [1.54, 1.807) is 18.3 Å². The first-order chi connectivity index (χ1) is 12.6. The van der Waals surface area contributed by atoms with E-state index in [1.807, 2.05) is 30.3 Å². The number of carbonyl (C=O) groups excluding carboxylic acids is 2. The first-order valence-corrected chi connectivity index (χ1v) is 7.99. The molecule has 26 heavy (non-hydrogen) atoms. The minimum Gasteiger partial charge on any atom is -0.464 e. The molecule has 0 atom stereocenters. The van der Waals surface area contributed by atoms with Crippen molar-refractivity contribution in [1.29, 1.82) is 0 Å². The summed E-state index contributed by atoms with van der Waals surface area (Å²) < 4.78 is 4.74. The molecule has 2 aromatic heterocycles. The van der Waals surface area contributed by atoms with E-state index in [0.29, 0.717) is 22.7 Å². The number of amides is 2. The fourth-order valence-electron chi connectivity index (χ4n) is 2.24. The number of hydrogen-bond donors (Lipinski definition) is 2. The number of nitrogens with one attached hydrogen (secondary N) is 2. The average molecular weight is 351 g/mol. The third kappa shape index (κ3) is 4.50. The quantitative estimate of drug-likeness (QED) is 0.540. The van der Waals surface area contributed by atoms with Crippen molar-refractivity contribution >= 4 is 29.0 Å². The van der Waals surface area contributed by atoms with Gasteiger partial charge >= 0.3 is 12.0 Å². The number of ether oxygens (including phenoxy) is 1. The summed E-state index contributed by atoms with van der Waals surface area (Å²) in [6, 6.07) is 12.6. The van der Waals surface area contributed by atoms with Crippen LogP contribution in [0.3, 0.4) is 0 Å². The van der Waals surface area contributed by atoms with Crippen LogP contribution in [0.1, 0.15) is 6.92 Å². The van der Waals surface area contributed by atoms with Crippen molar-refractivity contribution in [2.24, 2.45) is 0 Å². The molecule has 2 heterocycles. The molecule has 8 heteroatoms. The Morgan fingerprint density at radius 2 is 1.88 bits per heavy atom. The molecule has 8 nitrogen and oxygen atoms in total. The molecule has 1 aromatic carbocycles. The van der Waals surface area contributed by atoms with Crippen molar-refractivity contribution in [2.75, 3.05) is 18.5 Å². The van der Waals surface area contributed by atoms with Gasteiger partial charge in [0.1, 0.15) is 17.9 Å². The largest absolute Gasteiger partial charge is 0.464 e. The molecule has 0 bridgehead atoms. The lowest BCUT2D eigenvalue weighted by Gasteiger charge is -2.08. The highest BCUT2D eigenvalue weighted by atomic mass is 16.5. The van der Waals surface area contributed by atoms with Crippen molar-refractivity contribution in [3.63, 3.8) is 0 Å². The summed E-state index contributed by atoms with van der Waals surface area (Å²) in [6.07, 6.45) is 1.69. The first-order valence-electron chi connectivity index (χ1n) is 7.99. The Bertz CT molecular complexity index is 931. The molecule has 2 N–H and O–H groups in total. The second-order valence-corrected chi connectivity index (χ2v) is 5.38. The molecule has 0 aliphatic heterocycles. The Balaban J connectivity index is 1.70. The third-order valence-corrected chi connectivity index (χ3v) is 3.41. The second kappa shape index (κ2) is 8.02. The maximum Gasteiger partial charge on any atom is 0.320 e. The maximum absolute atomic E-state index is 11.8. The summed E-state index contributed by atoms with van der Waals surface area (Å²) in [4.78, 5) is 35.7. The molecular formula is C18H17N5O3. The van der Waals surface area contributed by atoms with Gasteiger partial charge < -0.3 is 10.1 Å². The molecular weight excluding hydrogens is 334 g/mol. The fraction of sp³-hybridized carbons (Fsp3) is 0.167. The highest BCUT2D eigenvalue weighted by molar-refractivity contribution is 5.89. The molecule has 0 unspecified atom stereocenters.